The monoisotopic (exact) mass is 338 g/mol. The van der Waals surface area contributed by atoms with Crippen LogP contribution in [0.3, 0.4) is 0 Å². The Morgan fingerprint density at radius 1 is 1.32 bits per heavy atom. The molecule has 1 heterocycles. The summed E-state index contributed by atoms with van der Waals surface area (Å²) in [4.78, 5) is 16.3. The molecule has 0 fully saturated rings. The first kappa shape index (κ1) is 17.0. The minimum Gasteiger partial charge on any atom is -0.497 e. The van der Waals surface area contributed by atoms with Gasteiger partial charge in [-0.1, -0.05) is 24.3 Å². The van der Waals surface area contributed by atoms with Crippen LogP contribution >= 0.6 is 0 Å². The highest BCUT2D eigenvalue weighted by Crippen LogP contribution is 2.24. The van der Waals surface area contributed by atoms with Gasteiger partial charge in [0.15, 0.2) is 0 Å². The Morgan fingerprint density at radius 2 is 2.20 bits per heavy atom. The van der Waals surface area contributed by atoms with E-state index in [0.29, 0.717) is 6.42 Å². The molecule has 3 rings (SSSR count). The first-order valence-electron chi connectivity index (χ1n) is 8.33. The van der Waals surface area contributed by atoms with Crippen molar-refractivity contribution in [1.29, 1.82) is 0 Å². The number of nitrogens with one attached hydrogen (secondary N) is 1. The van der Waals surface area contributed by atoms with Crippen molar-refractivity contribution < 1.29 is 9.53 Å². The quantitative estimate of drug-likeness (QED) is 0.719. The lowest BCUT2D eigenvalue weighted by Crippen LogP contribution is -2.34. The SMILES string of the molecule is COc1ccc2cccc(CC(=O)N[C@@H](C)CCn3cncn3)c2c1. The molecule has 0 aliphatic heterocycles. The highest BCUT2D eigenvalue weighted by atomic mass is 16.5. The van der Waals surface area contributed by atoms with Crippen molar-refractivity contribution >= 4 is 16.7 Å². The summed E-state index contributed by atoms with van der Waals surface area (Å²) in [6.07, 6.45) is 4.34. The van der Waals surface area contributed by atoms with Gasteiger partial charge in [-0.2, -0.15) is 5.10 Å². The third-order valence-electron chi connectivity index (χ3n) is 4.20. The molecule has 6 heteroatoms. The molecule has 130 valence electrons. The average molecular weight is 338 g/mol. The van der Waals surface area contributed by atoms with Crippen molar-refractivity contribution in [3.05, 3.63) is 54.6 Å². The van der Waals surface area contributed by atoms with E-state index < -0.39 is 0 Å². The third kappa shape index (κ3) is 4.35. The van der Waals surface area contributed by atoms with E-state index in [-0.39, 0.29) is 11.9 Å². The van der Waals surface area contributed by atoms with Gasteiger partial charge in [-0.25, -0.2) is 4.98 Å². The molecule has 0 spiro atoms. The molecule has 1 N–H and O–H groups in total. The molecule has 0 unspecified atom stereocenters. The molecule has 0 saturated carbocycles. The summed E-state index contributed by atoms with van der Waals surface area (Å²) in [5.41, 5.74) is 0.998. The van der Waals surface area contributed by atoms with E-state index in [0.717, 1.165) is 35.1 Å². The predicted octanol–water partition coefficient (Wildman–Crippen LogP) is 2.58. The summed E-state index contributed by atoms with van der Waals surface area (Å²) in [5, 5.41) is 9.27. The smallest absolute Gasteiger partial charge is 0.224 e. The highest BCUT2D eigenvalue weighted by Gasteiger charge is 2.11. The van der Waals surface area contributed by atoms with E-state index in [1.54, 1.807) is 18.1 Å². The van der Waals surface area contributed by atoms with Gasteiger partial charge in [0.1, 0.15) is 18.4 Å². The van der Waals surface area contributed by atoms with Gasteiger partial charge in [0.2, 0.25) is 5.91 Å². The van der Waals surface area contributed by atoms with Gasteiger partial charge < -0.3 is 10.1 Å². The van der Waals surface area contributed by atoms with Crippen LogP contribution in [0.25, 0.3) is 10.8 Å². The van der Waals surface area contributed by atoms with E-state index in [9.17, 15) is 4.79 Å². The second kappa shape index (κ2) is 7.79. The third-order valence-corrected chi connectivity index (χ3v) is 4.20. The molecule has 2 aromatic carbocycles. The number of hydrogen-bond donors (Lipinski definition) is 1. The van der Waals surface area contributed by atoms with Crippen molar-refractivity contribution in [2.24, 2.45) is 0 Å². The van der Waals surface area contributed by atoms with Crippen LogP contribution < -0.4 is 10.1 Å². The number of aromatic nitrogens is 3. The Labute approximate surface area is 146 Å². The van der Waals surface area contributed by atoms with Crippen molar-refractivity contribution in [2.75, 3.05) is 7.11 Å². The Bertz CT molecular complexity index is 846. The Balaban J connectivity index is 1.63. The van der Waals surface area contributed by atoms with Gasteiger partial charge >= 0.3 is 0 Å². The number of carbonyl (C=O) groups is 1. The number of methoxy groups -OCH3 is 1. The van der Waals surface area contributed by atoms with E-state index >= 15 is 0 Å². The number of aryl methyl sites for hydroxylation is 1. The molecule has 1 amide bonds. The van der Waals surface area contributed by atoms with Crippen molar-refractivity contribution in [3.63, 3.8) is 0 Å². The van der Waals surface area contributed by atoms with E-state index in [2.05, 4.69) is 15.4 Å². The molecule has 0 saturated heterocycles. The summed E-state index contributed by atoms with van der Waals surface area (Å²) >= 11 is 0. The number of nitrogens with zero attached hydrogens (tertiary/aromatic N) is 3. The fourth-order valence-corrected chi connectivity index (χ4v) is 2.84. The highest BCUT2D eigenvalue weighted by molar-refractivity contribution is 5.91. The zero-order valence-corrected chi connectivity index (χ0v) is 14.5. The number of carbonyl (C=O) groups excluding carboxylic acids is 1. The maximum atomic E-state index is 12.4. The molecule has 3 aromatic rings. The Hall–Kier alpha value is -2.89. The standard InChI is InChI=1S/C19H22N4O2/c1-14(8-9-23-13-20-12-21-23)22-19(24)10-16-5-3-4-15-6-7-17(25-2)11-18(15)16/h3-7,11-14H,8-10H2,1-2H3,(H,22,24)/t14-/m0/s1. The van der Waals surface area contributed by atoms with Gasteiger partial charge in [-0.15, -0.1) is 0 Å². The molecule has 0 bridgehead atoms. The van der Waals surface area contributed by atoms with Crippen molar-refractivity contribution in [2.45, 2.75) is 32.4 Å². The van der Waals surface area contributed by atoms with Gasteiger partial charge in [-0.05, 0) is 41.8 Å². The summed E-state index contributed by atoms with van der Waals surface area (Å²) < 4.78 is 7.06. The van der Waals surface area contributed by atoms with E-state index in [1.807, 2.05) is 43.3 Å². The van der Waals surface area contributed by atoms with Gasteiger partial charge in [0.05, 0.1) is 13.5 Å². The van der Waals surface area contributed by atoms with Crippen molar-refractivity contribution in [3.8, 4) is 5.75 Å². The number of amides is 1. The fraction of sp³-hybridized carbons (Fsp3) is 0.316. The first-order valence-corrected chi connectivity index (χ1v) is 8.33. The predicted molar refractivity (Wildman–Crippen MR) is 96.4 cm³/mol. The van der Waals surface area contributed by atoms with Crippen LogP contribution in [-0.2, 0) is 17.8 Å². The van der Waals surface area contributed by atoms with Crippen molar-refractivity contribution in [1.82, 2.24) is 20.1 Å². The maximum Gasteiger partial charge on any atom is 0.224 e. The lowest BCUT2D eigenvalue weighted by molar-refractivity contribution is -0.121. The van der Waals surface area contributed by atoms with Gasteiger partial charge in [0, 0.05) is 12.6 Å². The number of fused-ring (bicyclic) bond motifs is 1. The van der Waals surface area contributed by atoms with Crippen LogP contribution in [0.4, 0.5) is 0 Å². The summed E-state index contributed by atoms with van der Waals surface area (Å²) in [5.74, 6) is 0.808. The van der Waals surface area contributed by atoms with Crippen LogP contribution in [-0.4, -0.2) is 33.8 Å². The molecular weight excluding hydrogens is 316 g/mol. The number of rotatable bonds is 7. The lowest BCUT2D eigenvalue weighted by atomic mass is 10.0. The van der Waals surface area contributed by atoms with Crippen LogP contribution in [0.1, 0.15) is 18.9 Å². The molecule has 25 heavy (non-hydrogen) atoms. The second-order valence-electron chi connectivity index (χ2n) is 6.10. The maximum absolute atomic E-state index is 12.4. The molecule has 1 atom stereocenters. The molecule has 0 aliphatic rings. The first-order chi connectivity index (χ1) is 12.2. The number of hydrogen-bond acceptors (Lipinski definition) is 4. The second-order valence-corrected chi connectivity index (χ2v) is 6.10. The average Bonchev–Trinajstić information content (AvgIpc) is 3.13. The molecule has 0 radical (unpaired) electrons. The minimum atomic E-state index is 0.0152. The molecule has 1 aromatic heterocycles. The van der Waals surface area contributed by atoms with Crippen LogP contribution in [0, 0.1) is 0 Å². The summed E-state index contributed by atoms with van der Waals surface area (Å²) in [6, 6.07) is 12.0. The zero-order chi connectivity index (χ0) is 17.6. The molecular formula is C19H22N4O2. The van der Waals surface area contributed by atoms with E-state index in [4.69, 9.17) is 4.74 Å². The topological polar surface area (TPSA) is 69.0 Å². The van der Waals surface area contributed by atoms with Crippen LogP contribution in [0.2, 0.25) is 0 Å². The minimum absolute atomic E-state index is 0.0152. The Kier molecular flexibility index (Phi) is 5.28. The Morgan fingerprint density at radius 3 is 2.96 bits per heavy atom. The summed E-state index contributed by atoms with van der Waals surface area (Å²) in [7, 11) is 1.65. The van der Waals surface area contributed by atoms with Gasteiger partial charge in [0.25, 0.3) is 0 Å². The zero-order valence-electron chi connectivity index (χ0n) is 14.5. The fourth-order valence-electron chi connectivity index (χ4n) is 2.84. The van der Waals surface area contributed by atoms with Gasteiger partial charge in [-0.3, -0.25) is 9.48 Å². The summed E-state index contributed by atoms with van der Waals surface area (Å²) in [6.45, 7) is 2.73. The largest absolute Gasteiger partial charge is 0.497 e. The van der Waals surface area contributed by atoms with Crippen LogP contribution in [0.5, 0.6) is 5.75 Å². The number of ether oxygens (including phenoxy) is 1. The lowest BCUT2D eigenvalue weighted by Gasteiger charge is -2.14. The van der Waals surface area contributed by atoms with Crippen LogP contribution in [0.15, 0.2) is 49.1 Å². The molecule has 6 nitrogen and oxygen atoms in total. The normalized spacial score (nSPS) is 12.1. The molecule has 0 aliphatic carbocycles. The van der Waals surface area contributed by atoms with E-state index in [1.165, 1.54) is 6.33 Å². The number of benzene rings is 2.